The molecule has 0 aliphatic heterocycles. The van der Waals surface area contributed by atoms with Crippen molar-refractivity contribution < 1.29 is 9.53 Å². The first-order valence-corrected chi connectivity index (χ1v) is 5.76. The normalized spacial score (nSPS) is 15.7. The summed E-state index contributed by atoms with van der Waals surface area (Å²) in [6.45, 7) is 6.63. The van der Waals surface area contributed by atoms with Crippen molar-refractivity contribution in [3.63, 3.8) is 0 Å². The molecule has 4 nitrogen and oxygen atoms in total. The standard InChI is InChI=1S/C11H22N2O2/c1-9(2)13-11(14)7-12-5-6-15-8-10-3-4-10/h9-10,12H,3-8H2,1-2H3,(H,13,14). The van der Waals surface area contributed by atoms with Crippen LogP contribution >= 0.6 is 0 Å². The van der Waals surface area contributed by atoms with Crippen LogP contribution < -0.4 is 10.6 Å². The summed E-state index contributed by atoms with van der Waals surface area (Å²) in [7, 11) is 0. The van der Waals surface area contributed by atoms with Crippen LogP contribution in [-0.2, 0) is 9.53 Å². The van der Waals surface area contributed by atoms with Crippen LogP contribution in [0.15, 0.2) is 0 Å². The maximum atomic E-state index is 11.2. The molecule has 0 aromatic rings. The van der Waals surface area contributed by atoms with Crippen molar-refractivity contribution in [2.75, 3.05) is 26.3 Å². The fourth-order valence-electron chi connectivity index (χ4n) is 1.25. The highest BCUT2D eigenvalue weighted by molar-refractivity contribution is 5.78. The van der Waals surface area contributed by atoms with E-state index in [4.69, 9.17) is 4.74 Å². The van der Waals surface area contributed by atoms with E-state index in [2.05, 4.69) is 10.6 Å². The van der Waals surface area contributed by atoms with Crippen LogP contribution in [0, 0.1) is 5.92 Å². The van der Waals surface area contributed by atoms with Crippen LogP contribution in [0.1, 0.15) is 26.7 Å². The van der Waals surface area contributed by atoms with Crippen molar-refractivity contribution in [2.24, 2.45) is 5.92 Å². The van der Waals surface area contributed by atoms with Gasteiger partial charge in [-0.05, 0) is 32.6 Å². The average molecular weight is 214 g/mol. The lowest BCUT2D eigenvalue weighted by Crippen LogP contribution is -2.38. The van der Waals surface area contributed by atoms with Crippen molar-refractivity contribution in [3.8, 4) is 0 Å². The Bertz CT molecular complexity index is 191. The largest absolute Gasteiger partial charge is 0.380 e. The van der Waals surface area contributed by atoms with Gasteiger partial charge in [0.05, 0.1) is 13.2 Å². The molecule has 0 bridgehead atoms. The van der Waals surface area contributed by atoms with E-state index >= 15 is 0 Å². The maximum absolute atomic E-state index is 11.2. The summed E-state index contributed by atoms with van der Waals surface area (Å²) in [6.07, 6.45) is 2.65. The van der Waals surface area contributed by atoms with E-state index in [-0.39, 0.29) is 11.9 Å². The minimum atomic E-state index is 0.0483. The van der Waals surface area contributed by atoms with E-state index in [1.807, 2.05) is 13.8 Å². The second-order valence-electron chi connectivity index (χ2n) is 4.42. The molecule has 1 aliphatic carbocycles. The highest BCUT2D eigenvalue weighted by atomic mass is 16.5. The fourth-order valence-corrected chi connectivity index (χ4v) is 1.25. The van der Waals surface area contributed by atoms with Gasteiger partial charge in [-0.15, -0.1) is 0 Å². The molecule has 0 unspecified atom stereocenters. The Balaban J connectivity index is 1.80. The monoisotopic (exact) mass is 214 g/mol. The molecule has 1 aliphatic rings. The molecule has 0 radical (unpaired) electrons. The van der Waals surface area contributed by atoms with Gasteiger partial charge in [0, 0.05) is 19.2 Å². The zero-order valence-corrected chi connectivity index (χ0v) is 9.71. The molecule has 1 rings (SSSR count). The van der Waals surface area contributed by atoms with E-state index < -0.39 is 0 Å². The van der Waals surface area contributed by atoms with Crippen molar-refractivity contribution in [2.45, 2.75) is 32.7 Å². The van der Waals surface area contributed by atoms with Crippen LogP contribution in [0.3, 0.4) is 0 Å². The number of carbonyl (C=O) groups is 1. The van der Waals surface area contributed by atoms with Crippen molar-refractivity contribution in [1.82, 2.24) is 10.6 Å². The Labute approximate surface area is 91.8 Å². The number of hydrogen-bond acceptors (Lipinski definition) is 3. The molecule has 0 aromatic heterocycles. The Morgan fingerprint density at radius 1 is 1.47 bits per heavy atom. The molecule has 15 heavy (non-hydrogen) atoms. The summed E-state index contributed by atoms with van der Waals surface area (Å²) in [5.41, 5.74) is 0. The fraction of sp³-hybridized carbons (Fsp3) is 0.909. The molecule has 0 heterocycles. The third kappa shape index (κ3) is 7.33. The van der Waals surface area contributed by atoms with E-state index in [0.717, 1.165) is 19.1 Å². The number of hydrogen-bond donors (Lipinski definition) is 2. The molecule has 0 aromatic carbocycles. The second kappa shape index (κ2) is 6.80. The molecular weight excluding hydrogens is 192 g/mol. The third-order valence-corrected chi connectivity index (χ3v) is 2.21. The predicted octanol–water partition coefficient (Wildman–Crippen LogP) is 0.527. The molecule has 0 saturated heterocycles. The van der Waals surface area contributed by atoms with Gasteiger partial charge in [0.25, 0.3) is 0 Å². The molecule has 0 atom stereocenters. The molecule has 1 amide bonds. The maximum Gasteiger partial charge on any atom is 0.234 e. The van der Waals surface area contributed by atoms with Gasteiger partial charge in [0.1, 0.15) is 0 Å². The van der Waals surface area contributed by atoms with Crippen molar-refractivity contribution in [1.29, 1.82) is 0 Å². The predicted molar refractivity (Wildman–Crippen MR) is 59.7 cm³/mol. The number of amides is 1. The Morgan fingerprint density at radius 2 is 2.20 bits per heavy atom. The lowest BCUT2D eigenvalue weighted by atomic mass is 10.4. The van der Waals surface area contributed by atoms with Crippen LogP contribution in [0.25, 0.3) is 0 Å². The van der Waals surface area contributed by atoms with E-state index in [1.54, 1.807) is 0 Å². The molecule has 88 valence electrons. The number of rotatable bonds is 8. The van der Waals surface area contributed by atoms with Crippen LogP contribution in [0.4, 0.5) is 0 Å². The van der Waals surface area contributed by atoms with E-state index in [1.165, 1.54) is 12.8 Å². The summed E-state index contributed by atoms with van der Waals surface area (Å²) in [6, 6.07) is 0.213. The lowest BCUT2D eigenvalue weighted by Gasteiger charge is -2.09. The van der Waals surface area contributed by atoms with Crippen LogP contribution in [-0.4, -0.2) is 38.3 Å². The first kappa shape index (κ1) is 12.5. The van der Waals surface area contributed by atoms with Gasteiger partial charge in [0.2, 0.25) is 5.91 Å². The van der Waals surface area contributed by atoms with Crippen LogP contribution in [0.2, 0.25) is 0 Å². The number of nitrogens with one attached hydrogen (secondary N) is 2. The van der Waals surface area contributed by atoms with Gasteiger partial charge in [-0.3, -0.25) is 4.79 Å². The third-order valence-electron chi connectivity index (χ3n) is 2.21. The summed E-state index contributed by atoms with van der Waals surface area (Å²) >= 11 is 0. The Hall–Kier alpha value is -0.610. The molecule has 1 saturated carbocycles. The van der Waals surface area contributed by atoms with Gasteiger partial charge >= 0.3 is 0 Å². The molecular formula is C11H22N2O2. The van der Waals surface area contributed by atoms with E-state index in [9.17, 15) is 4.79 Å². The summed E-state index contributed by atoms with van der Waals surface area (Å²) in [5, 5.41) is 5.87. The number of ether oxygens (including phenoxy) is 1. The van der Waals surface area contributed by atoms with Crippen LogP contribution in [0.5, 0.6) is 0 Å². The van der Waals surface area contributed by atoms with Gasteiger partial charge < -0.3 is 15.4 Å². The lowest BCUT2D eigenvalue weighted by molar-refractivity contribution is -0.120. The molecule has 0 spiro atoms. The average Bonchev–Trinajstić information content (AvgIpc) is 2.93. The van der Waals surface area contributed by atoms with Crippen molar-refractivity contribution >= 4 is 5.91 Å². The SMILES string of the molecule is CC(C)NC(=O)CNCCOCC1CC1. The quantitative estimate of drug-likeness (QED) is 0.579. The molecule has 2 N–H and O–H groups in total. The second-order valence-corrected chi connectivity index (χ2v) is 4.42. The van der Waals surface area contributed by atoms with Gasteiger partial charge in [-0.2, -0.15) is 0 Å². The highest BCUT2D eigenvalue weighted by Crippen LogP contribution is 2.28. The zero-order chi connectivity index (χ0) is 11.1. The smallest absolute Gasteiger partial charge is 0.234 e. The van der Waals surface area contributed by atoms with Crippen molar-refractivity contribution in [3.05, 3.63) is 0 Å². The first-order chi connectivity index (χ1) is 7.18. The summed E-state index contributed by atoms with van der Waals surface area (Å²) < 4.78 is 5.43. The minimum absolute atomic E-state index is 0.0483. The Kier molecular flexibility index (Phi) is 5.65. The first-order valence-electron chi connectivity index (χ1n) is 5.76. The minimum Gasteiger partial charge on any atom is -0.380 e. The topological polar surface area (TPSA) is 50.4 Å². The van der Waals surface area contributed by atoms with Gasteiger partial charge in [-0.1, -0.05) is 0 Å². The van der Waals surface area contributed by atoms with E-state index in [0.29, 0.717) is 13.2 Å². The molecule has 1 fully saturated rings. The zero-order valence-electron chi connectivity index (χ0n) is 9.71. The highest BCUT2D eigenvalue weighted by Gasteiger charge is 2.20. The number of carbonyl (C=O) groups excluding carboxylic acids is 1. The summed E-state index contributed by atoms with van der Waals surface area (Å²) in [5.74, 6) is 0.862. The Morgan fingerprint density at radius 3 is 2.80 bits per heavy atom. The summed E-state index contributed by atoms with van der Waals surface area (Å²) in [4.78, 5) is 11.2. The van der Waals surface area contributed by atoms with Gasteiger partial charge in [-0.25, -0.2) is 0 Å². The molecule has 4 heteroatoms. The van der Waals surface area contributed by atoms with Gasteiger partial charge in [0.15, 0.2) is 0 Å².